The van der Waals surface area contributed by atoms with Gasteiger partial charge in [0.05, 0.1) is 12.2 Å². The number of benzene rings is 1. The van der Waals surface area contributed by atoms with Crippen LogP contribution in [0.1, 0.15) is 12.0 Å². The molecule has 0 aromatic heterocycles. The first-order chi connectivity index (χ1) is 8.74. The maximum absolute atomic E-state index is 8.90. The van der Waals surface area contributed by atoms with E-state index in [0.29, 0.717) is 17.9 Å². The topological polar surface area (TPSA) is 48.3 Å². The Labute approximate surface area is 121 Å². The second kappa shape index (κ2) is 10.6. The van der Waals surface area contributed by atoms with Crippen LogP contribution in [-0.4, -0.2) is 45.2 Å². The molecule has 0 radical (unpaired) electrons. The van der Waals surface area contributed by atoms with Gasteiger partial charge in [-0.2, -0.15) is 5.26 Å². The molecule has 1 aromatic carbocycles. The van der Waals surface area contributed by atoms with Crippen LogP contribution in [0.15, 0.2) is 24.3 Å². The summed E-state index contributed by atoms with van der Waals surface area (Å²) in [5.41, 5.74) is 0.595. The molecule has 0 aliphatic rings. The van der Waals surface area contributed by atoms with E-state index in [-0.39, 0.29) is 12.4 Å². The molecule has 19 heavy (non-hydrogen) atoms. The van der Waals surface area contributed by atoms with E-state index in [2.05, 4.69) is 30.4 Å². The van der Waals surface area contributed by atoms with Gasteiger partial charge in [0, 0.05) is 13.1 Å². The maximum Gasteiger partial charge on any atom is 0.137 e. The predicted octanol–water partition coefficient (Wildman–Crippen LogP) is -1.52. The van der Waals surface area contributed by atoms with Crippen molar-refractivity contribution in [3.8, 4) is 11.8 Å². The van der Waals surface area contributed by atoms with E-state index in [9.17, 15) is 0 Å². The quantitative estimate of drug-likeness (QED) is 0.589. The Bertz CT molecular complexity index is 391. The second-order valence-electron chi connectivity index (χ2n) is 4.36. The van der Waals surface area contributed by atoms with Gasteiger partial charge >= 0.3 is 0 Å². The number of nitriles is 1. The van der Waals surface area contributed by atoms with Crippen molar-refractivity contribution < 1.29 is 17.1 Å². The first-order valence-electron chi connectivity index (χ1n) is 6.21. The van der Waals surface area contributed by atoms with E-state index in [1.54, 1.807) is 6.07 Å². The van der Waals surface area contributed by atoms with Crippen molar-refractivity contribution in [3.05, 3.63) is 29.8 Å². The smallest absolute Gasteiger partial charge is 0.137 e. The molecule has 4 nitrogen and oxygen atoms in total. The van der Waals surface area contributed by atoms with Gasteiger partial charge in [0.2, 0.25) is 0 Å². The fourth-order valence-electron chi connectivity index (χ4n) is 1.49. The molecule has 0 amide bonds. The van der Waals surface area contributed by atoms with Crippen LogP contribution in [0.4, 0.5) is 0 Å². The lowest BCUT2D eigenvalue weighted by atomic mass is 10.2. The van der Waals surface area contributed by atoms with Crippen molar-refractivity contribution in [2.45, 2.75) is 6.42 Å². The number of nitrogens with one attached hydrogen (secondary N) is 1. The van der Waals surface area contributed by atoms with Gasteiger partial charge in [-0.3, -0.25) is 0 Å². The van der Waals surface area contributed by atoms with E-state index in [4.69, 9.17) is 10.00 Å². The summed E-state index contributed by atoms with van der Waals surface area (Å²) in [7, 11) is 4.12. The van der Waals surface area contributed by atoms with E-state index >= 15 is 0 Å². The summed E-state index contributed by atoms with van der Waals surface area (Å²) < 4.78 is 5.58. The molecule has 0 bridgehead atoms. The predicted molar refractivity (Wildman–Crippen MR) is 72.7 cm³/mol. The summed E-state index contributed by atoms with van der Waals surface area (Å²) in [6, 6.07) is 9.44. The first-order valence-corrected chi connectivity index (χ1v) is 6.21. The molecular formula is C14H21ClN3O-. The average molecular weight is 283 g/mol. The third-order valence-corrected chi connectivity index (χ3v) is 2.50. The summed E-state index contributed by atoms with van der Waals surface area (Å²) in [6.07, 6.45) is 0.938. The number of rotatable bonds is 8. The number of nitrogens with zero attached hydrogens (tertiary/aromatic N) is 2. The lowest BCUT2D eigenvalue weighted by Gasteiger charge is -2.11. The minimum atomic E-state index is 0. The number of likely N-dealkylation sites (N-methyl/N-ethyl adjacent to an activating group) is 1. The lowest BCUT2D eigenvalue weighted by Crippen LogP contribution is -3.00. The lowest BCUT2D eigenvalue weighted by molar-refractivity contribution is -0.00000461. The van der Waals surface area contributed by atoms with Crippen LogP contribution in [0.3, 0.4) is 0 Å². The van der Waals surface area contributed by atoms with Crippen molar-refractivity contribution in [3.63, 3.8) is 0 Å². The molecule has 0 saturated heterocycles. The molecule has 0 aliphatic heterocycles. The molecular weight excluding hydrogens is 262 g/mol. The van der Waals surface area contributed by atoms with Gasteiger partial charge in [0.25, 0.3) is 0 Å². The number of hydrogen-bond acceptors (Lipinski definition) is 4. The van der Waals surface area contributed by atoms with Crippen LogP contribution in [-0.2, 0) is 0 Å². The Morgan fingerprint density at radius 3 is 2.68 bits per heavy atom. The van der Waals surface area contributed by atoms with Gasteiger partial charge in [-0.1, -0.05) is 12.1 Å². The summed E-state index contributed by atoms with van der Waals surface area (Å²) in [4.78, 5) is 2.15. The molecule has 0 heterocycles. The minimum absolute atomic E-state index is 0. The third-order valence-electron chi connectivity index (χ3n) is 2.50. The number of para-hydroxylation sites is 1. The Balaban J connectivity index is 0.00000324. The van der Waals surface area contributed by atoms with Gasteiger partial charge in [0.15, 0.2) is 0 Å². The van der Waals surface area contributed by atoms with Gasteiger partial charge in [-0.05, 0) is 39.2 Å². The Kier molecular flexibility index (Phi) is 9.91. The monoisotopic (exact) mass is 282 g/mol. The highest BCUT2D eigenvalue weighted by molar-refractivity contribution is 5.42. The third kappa shape index (κ3) is 7.68. The molecule has 0 unspecified atom stereocenters. The minimum Gasteiger partial charge on any atom is -1.00 e. The first kappa shape index (κ1) is 17.7. The molecule has 0 atom stereocenters. The van der Waals surface area contributed by atoms with Crippen LogP contribution in [0, 0.1) is 11.3 Å². The normalized spacial score (nSPS) is 9.79. The highest BCUT2D eigenvalue weighted by Gasteiger charge is 2.00. The van der Waals surface area contributed by atoms with Gasteiger partial charge in [0.1, 0.15) is 11.8 Å². The van der Waals surface area contributed by atoms with E-state index in [1.165, 1.54) is 0 Å². The SMILES string of the molecule is CN(C)CCNCCCOc1ccccc1C#N.[Cl-]. The van der Waals surface area contributed by atoms with Gasteiger partial charge in [-0.15, -0.1) is 0 Å². The van der Waals surface area contributed by atoms with Crippen LogP contribution in [0.25, 0.3) is 0 Å². The van der Waals surface area contributed by atoms with E-state index in [1.807, 2.05) is 18.2 Å². The highest BCUT2D eigenvalue weighted by Crippen LogP contribution is 2.16. The molecule has 0 aliphatic carbocycles. The molecule has 106 valence electrons. The summed E-state index contributed by atoms with van der Waals surface area (Å²) >= 11 is 0. The summed E-state index contributed by atoms with van der Waals surface area (Å²) in [5, 5.41) is 12.2. The fourth-order valence-corrected chi connectivity index (χ4v) is 1.49. The summed E-state index contributed by atoms with van der Waals surface area (Å²) in [5.74, 6) is 0.674. The van der Waals surface area contributed by atoms with Crippen molar-refractivity contribution >= 4 is 0 Å². The van der Waals surface area contributed by atoms with E-state index in [0.717, 1.165) is 26.1 Å². The van der Waals surface area contributed by atoms with E-state index < -0.39 is 0 Å². The molecule has 0 spiro atoms. The molecule has 1 rings (SSSR count). The van der Waals surface area contributed by atoms with Crippen LogP contribution < -0.4 is 22.5 Å². The van der Waals surface area contributed by atoms with Crippen molar-refractivity contribution in [2.24, 2.45) is 0 Å². The standard InChI is InChI=1S/C14H21N3O.ClH/c1-17(2)10-9-16-8-5-11-18-14-7-4-3-6-13(14)12-15;/h3-4,6-7,16H,5,8-11H2,1-2H3;1H/p-1. The molecule has 1 N–H and O–H groups in total. The van der Waals surface area contributed by atoms with Crippen LogP contribution in [0.2, 0.25) is 0 Å². The number of ether oxygens (including phenoxy) is 1. The van der Waals surface area contributed by atoms with Crippen molar-refractivity contribution in [1.29, 1.82) is 5.26 Å². The van der Waals surface area contributed by atoms with Crippen LogP contribution >= 0.6 is 0 Å². The Morgan fingerprint density at radius 1 is 1.26 bits per heavy atom. The molecule has 0 fully saturated rings. The zero-order valence-corrected chi connectivity index (χ0v) is 12.3. The zero-order chi connectivity index (χ0) is 13.2. The fraction of sp³-hybridized carbons (Fsp3) is 0.500. The maximum atomic E-state index is 8.90. The average Bonchev–Trinajstić information content (AvgIpc) is 2.37. The Hall–Kier alpha value is -1.28. The zero-order valence-electron chi connectivity index (χ0n) is 11.5. The van der Waals surface area contributed by atoms with Gasteiger partial charge < -0.3 is 27.4 Å². The molecule has 1 aromatic rings. The van der Waals surface area contributed by atoms with Crippen LogP contribution in [0.5, 0.6) is 5.75 Å². The molecule has 5 heteroatoms. The Morgan fingerprint density at radius 2 is 2.00 bits per heavy atom. The highest BCUT2D eigenvalue weighted by atomic mass is 35.5. The summed E-state index contributed by atoms with van der Waals surface area (Å²) in [6.45, 7) is 3.59. The largest absolute Gasteiger partial charge is 1.00 e. The number of halogens is 1. The number of hydrogen-bond donors (Lipinski definition) is 1. The van der Waals surface area contributed by atoms with Crippen molar-refractivity contribution in [2.75, 3.05) is 40.3 Å². The second-order valence-corrected chi connectivity index (χ2v) is 4.36. The molecule has 0 saturated carbocycles. The van der Waals surface area contributed by atoms with Crippen molar-refractivity contribution in [1.82, 2.24) is 10.2 Å². The van der Waals surface area contributed by atoms with Gasteiger partial charge in [-0.25, -0.2) is 0 Å².